The minimum atomic E-state index is -0.601. The van der Waals surface area contributed by atoms with E-state index < -0.39 is 5.41 Å². The summed E-state index contributed by atoms with van der Waals surface area (Å²) in [6.45, 7) is 3.19. The number of hydrogen-bond acceptors (Lipinski definition) is 4. The lowest BCUT2D eigenvalue weighted by molar-refractivity contribution is -0.160. The van der Waals surface area contributed by atoms with E-state index in [0.29, 0.717) is 32.5 Å². The lowest BCUT2D eigenvalue weighted by Crippen LogP contribution is -2.47. The Morgan fingerprint density at radius 2 is 1.94 bits per heavy atom. The molecule has 0 bridgehead atoms. The number of carbonyl (C=O) groups is 1. The highest BCUT2D eigenvalue weighted by atomic mass is 16.5. The number of carbonyl (C=O) groups excluding carboxylic acids is 1. The highest BCUT2D eigenvalue weighted by Crippen LogP contribution is 2.36. The quantitative estimate of drug-likeness (QED) is 0.832. The molecule has 1 aliphatic rings. The standard InChI is InChI=1S/C14H19NO3/c1-2-18-13(16)14(8-10-15(17)11-9-14)12-6-4-3-5-7-12/h3-7,17H,2,8-11H2,1H3. The van der Waals surface area contributed by atoms with E-state index in [1.807, 2.05) is 37.3 Å². The van der Waals surface area contributed by atoms with Gasteiger partial charge in [0.15, 0.2) is 0 Å². The molecule has 0 unspecified atom stereocenters. The van der Waals surface area contributed by atoms with Crippen molar-refractivity contribution in [1.82, 2.24) is 5.06 Å². The van der Waals surface area contributed by atoms with Crippen molar-refractivity contribution in [2.45, 2.75) is 25.2 Å². The molecule has 1 fully saturated rings. The van der Waals surface area contributed by atoms with Crippen molar-refractivity contribution in [3.05, 3.63) is 35.9 Å². The van der Waals surface area contributed by atoms with Crippen molar-refractivity contribution in [2.75, 3.05) is 19.7 Å². The normalized spacial score (nSPS) is 19.4. The third kappa shape index (κ3) is 2.40. The third-order valence-corrected chi connectivity index (χ3v) is 3.59. The molecule has 4 nitrogen and oxygen atoms in total. The average Bonchev–Trinajstić information content (AvgIpc) is 2.41. The summed E-state index contributed by atoms with van der Waals surface area (Å²) in [6, 6.07) is 9.72. The summed E-state index contributed by atoms with van der Waals surface area (Å²) in [6.07, 6.45) is 1.18. The van der Waals surface area contributed by atoms with E-state index in [1.54, 1.807) is 0 Å². The van der Waals surface area contributed by atoms with Crippen LogP contribution in [0.1, 0.15) is 25.3 Å². The maximum absolute atomic E-state index is 12.3. The number of piperidine rings is 1. The van der Waals surface area contributed by atoms with Gasteiger partial charge in [-0.25, -0.2) is 0 Å². The summed E-state index contributed by atoms with van der Waals surface area (Å²) in [5.41, 5.74) is 0.382. The highest BCUT2D eigenvalue weighted by molar-refractivity contribution is 5.83. The average molecular weight is 249 g/mol. The minimum absolute atomic E-state index is 0.177. The van der Waals surface area contributed by atoms with Crippen LogP contribution in [0.5, 0.6) is 0 Å². The van der Waals surface area contributed by atoms with Crippen molar-refractivity contribution in [3.8, 4) is 0 Å². The van der Waals surface area contributed by atoms with Gasteiger partial charge in [0.25, 0.3) is 0 Å². The summed E-state index contributed by atoms with van der Waals surface area (Å²) in [7, 11) is 0. The Hall–Kier alpha value is -1.39. The van der Waals surface area contributed by atoms with Gasteiger partial charge in [-0.05, 0) is 25.3 Å². The molecule has 0 aromatic heterocycles. The maximum atomic E-state index is 12.3. The lowest BCUT2D eigenvalue weighted by Gasteiger charge is -2.37. The van der Waals surface area contributed by atoms with E-state index in [4.69, 9.17) is 4.74 Å². The van der Waals surface area contributed by atoms with Crippen LogP contribution >= 0.6 is 0 Å². The highest BCUT2D eigenvalue weighted by Gasteiger charge is 2.43. The summed E-state index contributed by atoms with van der Waals surface area (Å²) < 4.78 is 5.24. The van der Waals surface area contributed by atoms with E-state index in [1.165, 1.54) is 5.06 Å². The first-order valence-corrected chi connectivity index (χ1v) is 6.35. The number of hydroxylamine groups is 2. The smallest absolute Gasteiger partial charge is 0.316 e. The SMILES string of the molecule is CCOC(=O)C1(c2ccccc2)CCN(O)CC1. The zero-order chi connectivity index (χ0) is 13.0. The van der Waals surface area contributed by atoms with Crippen molar-refractivity contribution in [1.29, 1.82) is 0 Å². The van der Waals surface area contributed by atoms with E-state index in [9.17, 15) is 10.0 Å². The van der Waals surface area contributed by atoms with Crippen LogP contribution in [0, 0.1) is 0 Å². The Bertz CT molecular complexity index is 397. The van der Waals surface area contributed by atoms with Gasteiger partial charge in [-0.1, -0.05) is 30.3 Å². The Labute approximate surface area is 107 Å². The largest absolute Gasteiger partial charge is 0.465 e. The third-order valence-electron chi connectivity index (χ3n) is 3.59. The molecule has 1 aromatic rings. The van der Waals surface area contributed by atoms with Gasteiger partial charge < -0.3 is 9.94 Å². The van der Waals surface area contributed by atoms with Crippen LogP contribution < -0.4 is 0 Å². The monoisotopic (exact) mass is 249 g/mol. The van der Waals surface area contributed by atoms with Crippen LogP contribution in [0.3, 0.4) is 0 Å². The summed E-state index contributed by atoms with van der Waals surface area (Å²) in [4.78, 5) is 12.3. The van der Waals surface area contributed by atoms with Crippen LogP contribution in [-0.4, -0.2) is 35.9 Å². The molecule has 0 saturated carbocycles. The first kappa shape index (κ1) is 13.1. The number of rotatable bonds is 3. The van der Waals surface area contributed by atoms with Crippen LogP contribution in [0.15, 0.2) is 30.3 Å². The molecule has 0 radical (unpaired) electrons. The zero-order valence-electron chi connectivity index (χ0n) is 10.6. The lowest BCUT2D eigenvalue weighted by atomic mass is 9.73. The molecule has 2 rings (SSSR count). The molecule has 0 atom stereocenters. The molecule has 1 heterocycles. The minimum Gasteiger partial charge on any atom is -0.465 e. The van der Waals surface area contributed by atoms with Crippen LogP contribution in [0.4, 0.5) is 0 Å². The second kappa shape index (κ2) is 5.50. The number of esters is 1. The molecular weight excluding hydrogens is 230 g/mol. The summed E-state index contributed by atoms with van der Waals surface area (Å²) >= 11 is 0. The Morgan fingerprint density at radius 3 is 2.50 bits per heavy atom. The fourth-order valence-corrected chi connectivity index (χ4v) is 2.51. The topological polar surface area (TPSA) is 49.8 Å². The predicted molar refractivity (Wildman–Crippen MR) is 67.3 cm³/mol. The van der Waals surface area contributed by atoms with Crippen LogP contribution in [0.25, 0.3) is 0 Å². The molecule has 18 heavy (non-hydrogen) atoms. The Morgan fingerprint density at radius 1 is 1.33 bits per heavy atom. The zero-order valence-corrected chi connectivity index (χ0v) is 10.6. The molecule has 1 aromatic carbocycles. The molecule has 1 aliphatic heterocycles. The van der Waals surface area contributed by atoms with Gasteiger partial charge >= 0.3 is 5.97 Å². The van der Waals surface area contributed by atoms with Gasteiger partial charge in [-0.2, -0.15) is 5.06 Å². The number of hydrogen-bond donors (Lipinski definition) is 1. The predicted octanol–water partition coefficient (Wildman–Crippen LogP) is 1.97. The molecule has 0 amide bonds. The second-order valence-corrected chi connectivity index (χ2v) is 4.62. The molecule has 1 saturated heterocycles. The van der Waals surface area contributed by atoms with Crippen molar-refractivity contribution >= 4 is 5.97 Å². The fraction of sp³-hybridized carbons (Fsp3) is 0.500. The van der Waals surface area contributed by atoms with Crippen molar-refractivity contribution in [2.24, 2.45) is 0 Å². The van der Waals surface area contributed by atoms with E-state index in [-0.39, 0.29) is 5.97 Å². The van der Waals surface area contributed by atoms with Gasteiger partial charge in [0, 0.05) is 13.1 Å². The Kier molecular flexibility index (Phi) is 3.99. The fourth-order valence-electron chi connectivity index (χ4n) is 2.51. The van der Waals surface area contributed by atoms with Gasteiger partial charge in [-0.3, -0.25) is 4.79 Å². The molecular formula is C14H19NO3. The Balaban J connectivity index is 2.31. The summed E-state index contributed by atoms with van der Waals surface area (Å²) in [5, 5.41) is 10.7. The number of ether oxygens (including phenoxy) is 1. The molecule has 0 spiro atoms. The van der Waals surface area contributed by atoms with Crippen LogP contribution in [0.2, 0.25) is 0 Å². The molecule has 4 heteroatoms. The van der Waals surface area contributed by atoms with E-state index in [2.05, 4.69) is 0 Å². The molecule has 1 N–H and O–H groups in total. The van der Waals surface area contributed by atoms with Crippen molar-refractivity contribution < 1.29 is 14.7 Å². The van der Waals surface area contributed by atoms with Crippen molar-refractivity contribution in [3.63, 3.8) is 0 Å². The van der Waals surface area contributed by atoms with Crippen LogP contribution in [-0.2, 0) is 14.9 Å². The van der Waals surface area contributed by atoms with Gasteiger partial charge in [-0.15, -0.1) is 0 Å². The van der Waals surface area contributed by atoms with Gasteiger partial charge in [0.2, 0.25) is 0 Å². The molecule has 98 valence electrons. The first-order valence-electron chi connectivity index (χ1n) is 6.35. The van der Waals surface area contributed by atoms with E-state index in [0.717, 1.165) is 5.56 Å². The van der Waals surface area contributed by atoms with E-state index >= 15 is 0 Å². The number of benzene rings is 1. The summed E-state index contributed by atoms with van der Waals surface area (Å²) in [5.74, 6) is -0.177. The first-order chi connectivity index (χ1) is 8.69. The molecule has 0 aliphatic carbocycles. The van der Waals surface area contributed by atoms with Gasteiger partial charge in [0.05, 0.1) is 12.0 Å². The second-order valence-electron chi connectivity index (χ2n) is 4.62. The maximum Gasteiger partial charge on any atom is 0.316 e. The number of nitrogens with zero attached hydrogens (tertiary/aromatic N) is 1. The van der Waals surface area contributed by atoms with Gasteiger partial charge in [0.1, 0.15) is 0 Å².